The number of nitrogens with zero attached hydrogens (tertiary/aromatic N) is 4. The van der Waals surface area contributed by atoms with E-state index < -0.39 is 16.7 Å². The highest BCUT2D eigenvalue weighted by Gasteiger charge is 2.30. The second-order valence-electron chi connectivity index (χ2n) is 5.46. The Bertz CT molecular complexity index is 1010. The molecule has 1 aliphatic heterocycles. The van der Waals surface area contributed by atoms with Crippen molar-refractivity contribution in [2.24, 2.45) is 10.2 Å². The van der Waals surface area contributed by atoms with Crippen LogP contribution in [-0.2, 0) is 11.0 Å². The number of hydrogen-bond acceptors (Lipinski definition) is 8. The van der Waals surface area contributed by atoms with E-state index in [1.54, 1.807) is 6.07 Å². The maximum atomic E-state index is 12.6. The lowest BCUT2D eigenvalue weighted by Crippen LogP contribution is -2.19. The summed E-state index contributed by atoms with van der Waals surface area (Å²) in [7, 11) is 0. The number of nitrogens with one attached hydrogen (secondary N) is 1. The average Bonchev–Trinajstić information content (AvgIpc) is 3.07. The minimum absolute atomic E-state index is 0.183. The Kier molecular flexibility index (Phi) is 6.17. The minimum Gasteiger partial charge on any atom is -0.303 e. The summed E-state index contributed by atoms with van der Waals surface area (Å²) < 4.78 is 37.8. The predicted molar refractivity (Wildman–Crippen MR) is 102 cm³/mol. The van der Waals surface area contributed by atoms with E-state index in [9.17, 15) is 28.1 Å². The fourth-order valence-corrected chi connectivity index (χ4v) is 3.56. The number of amidine groups is 1. The normalized spacial score (nSPS) is 15.8. The van der Waals surface area contributed by atoms with Gasteiger partial charge in [0.1, 0.15) is 5.03 Å². The fourth-order valence-electron chi connectivity index (χ4n) is 2.09. The highest BCUT2D eigenvalue weighted by atomic mass is 32.2. The second kappa shape index (κ2) is 8.61. The van der Waals surface area contributed by atoms with Crippen molar-refractivity contribution < 1.29 is 22.9 Å². The molecule has 2 aromatic rings. The molecule has 1 N–H and O–H groups in total. The van der Waals surface area contributed by atoms with Gasteiger partial charge in [0.05, 0.1) is 27.3 Å². The summed E-state index contributed by atoms with van der Waals surface area (Å²) in [5, 5.41) is 22.0. The van der Waals surface area contributed by atoms with Crippen LogP contribution in [0.5, 0.6) is 0 Å². The lowest BCUT2D eigenvalue weighted by Gasteiger charge is -2.07. The summed E-state index contributed by atoms with van der Waals surface area (Å²) in [6.45, 7) is 0. The van der Waals surface area contributed by atoms with Gasteiger partial charge >= 0.3 is 6.18 Å². The van der Waals surface area contributed by atoms with Gasteiger partial charge in [-0.25, -0.2) is 4.98 Å². The first-order chi connectivity index (χ1) is 13.7. The van der Waals surface area contributed by atoms with E-state index in [4.69, 9.17) is 0 Å². The number of hydrogen-bond donors (Lipinski definition) is 1. The van der Waals surface area contributed by atoms with Crippen LogP contribution in [-0.4, -0.2) is 32.9 Å². The molecule has 2 heterocycles. The van der Waals surface area contributed by atoms with Crippen LogP contribution in [0.25, 0.3) is 0 Å². The van der Waals surface area contributed by atoms with Gasteiger partial charge in [0.2, 0.25) is 5.91 Å². The molecule has 0 radical (unpaired) electrons. The lowest BCUT2D eigenvalue weighted by molar-refractivity contribution is -0.387. The maximum absolute atomic E-state index is 12.6. The van der Waals surface area contributed by atoms with Crippen molar-refractivity contribution in [3.05, 3.63) is 57.8 Å². The number of rotatable bonds is 5. The topological polar surface area (TPSA) is 110 Å². The molecule has 0 saturated carbocycles. The van der Waals surface area contributed by atoms with Gasteiger partial charge in [0, 0.05) is 17.8 Å². The second-order valence-corrected chi connectivity index (χ2v) is 7.48. The van der Waals surface area contributed by atoms with E-state index in [0.29, 0.717) is 16.9 Å². The molecular weight excluding hydrogens is 431 g/mol. The number of thioether (sulfide) groups is 1. The number of amides is 1. The molecule has 29 heavy (non-hydrogen) atoms. The largest absolute Gasteiger partial charge is 0.417 e. The van der Waals surface area contributed by atoms with E-state index in [2.05, 4.69) is 20.5 Å². The van der Waals surface area contributed by atoms with Crippen molar-refractivity contribution >= 4 is 46.5 Å². The van der Waals surface area contributed by atoms with Crippen LogP contribution in [0, 0.1) is 10.1 Å². The third-order valence-corrected chi connectivity index (χ3v) is 5.28. The Morgan fingerprint density at radius 2 is 2.10 bits per heavy atom. The molecule has 0 spiro atoms. The summed E-state index contributed by atoms with van der Waals surface area (Å²) >= 11 is 2.06. The van der Waals surface area contributed by atoms with E-state index in [-0.39, 0.29) is 27.3 Å². The molecule has 0 unspecified atom stereocenters. The Morgan fingerprint density at radius 1 is 1.31 bits per heavy atom. The summed E-state index contributed by atoms with van der Waals surface area (Å²) in [5.41, 5.74) is -0.766. The Labute approximate surface area is 169 Å². The van der Waals surface area contributed by atoms with Crippen molar-refractivity contribution in [2.75, 3.05) is 5.75 Å². The van der Waals surface area contributed by atoms with Crippen LogP contribution in [0.4, 0.5) is 18.9 Å². The highest BCUT2D eigenvalue weighted by molar-refractivity contribution is 8.15. The van der Waals surface area contributed by atoms with Gasteiger partial charge < -0.3 is 5.32 Å². The molecule has 0 aliphatic carbocycles. The number of carbonyl (C=O) groups is 1. The Morgan fingerprint density at radius 3 is 2.69 bits per heavy atom. The Balaban J connectivity index is 1.77. The molecule has 1 aromatic heterocycles. The zero-order valence-corrected chi connectivity index (χ0v) is 15.8. The Hall–Kier alpha value is -2.93. The molecule has 0 bridgehead atoms. The van der Waals surface area contributed by atoms with E-state index in [0.717, 1.165) is 23.9 Å². The monoisotopic (exact) mass is 441 g/mol. The van der Waals surface area contributed by atoms with Crippen molar-refractivity contribution in [2.45, 2.75) is 16.1 Å². The van der Waals surface area contributed by atoms with Gasteiger partial charge in [-0.1, -0.05) is 29.6 Å². The zero-order chi connectivity index (χ0) is 21.0. The van der Waals surface area contributed by atoms with Crippen molar-refractivity contribution in [1.82, 2.24) is 10.3 Å². The van der Waals surface area contributed by atoms with E-state index in [1.165, 1.54) is 30.1 Å². The van der Waals surface area contributed by atoms with Crippen LogP contribution in [0.15, 0.2) is 56.7 Å². The van der Waals surface area contributed by atoms with Gasteiger partial charge in [-0.05, 0) is 18.2 Å². The zero-order valence-electron chi connectivity index (χ0n) is 14.2. The summed E-state index contributed by atoms with van der Waals surface area (Å²) in [4.78, 5) is 25.7. The van der Waals surface area contributed by atoms with Crippen molar-refractivity contribution in [3.63, 3.8) is 0 Å². The SMILES string of the molecule is O=C1CSC(=NN=Cc2ccc(Sc3ccc(C(F)(F)F)cn3)c([N+](=O)[O-])c2)N1. The third-order valence-electron chi connectivity index (χ3n) is 3.40. The first-order valence-corrected chi connectivity index (χ1v) is 9.56. The van der Waals surface area contributed by atoms with Gasteiger partial charge in [-0.2, -0.15) is 18.3 Å². The lowest BCUT2D eigenvalue weighted by atomic mass is 10.2. The fraction of sp³-hybridized carbons (Fsp3) is 0.125. The van der Waals surface area contributed by atoms with Gasteiger partial charge in [0.15, 0.2) is 5.17 Å². The molecule has 1 aliphatic rings. The number of alkyl halides is 3. The minimum atomic E-state index is -4.51. The smallest absolute Gasteiger partial charge is 0.303 e. The summed E-state index contributed by atoms with van der Waals surface area (Å²) in [5.74, 6) is 0.0711. The molecule has 150 valence electrons. The molecule has 1 saturated heterocycles. The summed E-state index contributed by atoms with van der Waals surface area (Å²) in [6.07, 6.45) is -2.55. The van der Waals surface area contributed by atoms with Crippen molar-refractivity contribution in [1.29, 1.82) is 0 Å². The molecule has 0 atom stereocenters. The summed E-state index contributed by atoms with van der Waals surface area (Å²) in [6, 6.07) is 6.26. The van der Waals surface area contributed by atoms with Gasteiger partial charge in [0.25, 0.3) is 5.69 Å². The van der Waals surface area contributed by atoms with Crippen LogP contribution in [0.2, 0.25) is 0 Å². The van der Waals surface area contributed by atoms with Crippen molar-refractivity contribution in [3.8, 4) is 0 Å². The number of nitro benzene ring substituents is 1. The number of pyridine rings is 1. The van der Waals surface area contributed by atoms with Crippen LogP contribution >= 0.6 is 23.5 Å². The number of aromatic nitrogens is 1. The van der Waals surface area contributed by atoms with Gasteiger partial charge in [-0.15, -0.1) is 5.10 Å². The van der Waals surface area contributed by atoms with Crippen LogP contribution in [0.1, 0.15) is 11.1 Å². The highest BCUT2D eigenvalue weighted by Crippen LogP contribution is 2.35. The molecule has 1 amide bonds. The molecule has 1 fully saturated rings. The average molecular weight is 441 g/mol. The number of benzene rings is 1. The van der Waals surface area contributed by atoms with E-state index in [1.807, 2.05) is 0 Å². The molecule has 3 rings (SSSR count). The number of nitro groups is 1. The molecule has 13 heteroatoms. The number of carbonyl (C=O) groups excluding carboxylic acids is 1. The first kappa shape index (κ1) is 20.8. The van der Waals surface area contributed by atoms with Gasteiger partial charge in [-0.3, -0.25) is 14.9 Å². The van der Waals surface area contributed by atoms with Crippen LogP contribution < -0.4 is 5.32 Å². The molecule has 1 aromatic carbocycles. The predicted octanol–water partition coefficient (Wildman–Crippen LogP) is 3.71. The first-order valence-electron chi connectivity index (χ1n) is 7.75. The molecular formula is C16H10F3N5O3S2. The van der Waals surface area contributed by atoms with Crippen LogP contribution in [0.3, 0.4) is 0 Å². The maximum Gasteiger partial charge on any atom is 0.417 e. The quantitative estimate of drug-likeness (QED) is 0.430. The number of halogens is 3. The van der Waals surface area contributed by atoms with E-state index >= 15 is 0 Å². The molecule has 8 nitrogen and oxygen atoms in total. The standard InChI is InChI=1S/C16H10F3N5O3S2/c17-16(18,19)10-2-4-14(20-7-10)29-12-3-1-9(5-11(12)24(26)27)6-21-23-15-22-13(25)8-28-15/h1-7H,8H2,(H,22,23,25). The third kappa shape index (κ3) is 5.54.